The number of amides is 1. The Bertz CT molecular complexity index is 489. The number of ether oxygens (including phenoxy) is 1. The number of nitrogens with one attached hydrogen (secondary N) is 1. The molecule has 0 saturated carbocycles. The third-order valence-corrected chi connectivity index (χ3v) is 2.69. The number of nitrogens with zero attached hydrogens (tertiary/aromatic N) is 1. The number of epoxide rings is 1. The lowest BCUT2D eigenvalue weighted by atomic mass is 10.2. The summed E-state index contributed by atoms with van der Waals surface area (Å²) in [5.41, 5.74) is 0.234. The molecule has 0 aromatic heterocycles. The lowest BCUT2D eigenvalue weighted by molar-refractivity contribution is -0.120. The Hall–Kier alpha value is -1.57. The Kier molecular flexibility index (Phi) is 2.58. The SMILES string of the molecule is [C-]#[N+]c1ccc(NC(=O)C2(C)CO2)cc1Cl. The Labute approximate surface area is 98.0 Å². The molecule has 1 heterocycles. The third-order valence-electron chi connectivity index (χ3n) is 2.38. The molecule has 0 spiro atoms. The molecule has 4 nitrogen and oxygen atoms in total. The van der Waals surface area contributed by atoms with E-state index in [1.807, 2.05) is 0 Å². The number of hydrogen-bond acceptors (Lipinski definition) is 2. The fourth-order valence-electron chi connectivity index (χ4n) is 1.18. The predicted octanol–water partition coefficient (Wildman–Crippen LogP) is 2.62. The largest absolute Gasteiger partial charge is 0.359 e. The molecule has 1 aromatic carbocycles. The van der Waals surface area contributed by atoms with Crippen LogP contribution in [0.2, 0.25) is 5.02 Å². The highest BCUT2D eigenvalue weighted by atomic mass is 35.5. The summed E-state index contributed by atoms with van der Waals surface area (Å²) in [6.07, 6.45) is 0. The minimum atomic E-state index is -0.703. The van der Waals surface area contributed by atoms with E-state index < -0.39 is 5.60 Å². The quantitative estimate of drug-likeness (QED) is 0.634. The van der Waals surface area contributed by atoms with Gasteiger partial charge in [0.1, 0.15) is 0 Å². The minimum absolute atomic E-state index is 0.195. The van der Waals surface area contributed by atoms with Crippen LogP contribution in [-0.2, 0) is 9.53 Å². The fourth-order valence-corrected chi connectivity index (χ4v) is 1.40. The van der Waals surface area contributed by atoms with Gasteiger partial charge in [-0.05, 0) is 19.1 Å². The van der Waals surface area contributed by atoms with Gasteiger partial charge >= 0.3 is 0 Å². The van der Waals surface area contributed by atoms with E-state index in [2.05, 4.69) is 10.2 Å². The van der Waals surface area contributed by atoms with Gasteiger partial charge in [-0.25, -0.2) is 4.85 Å². The van der Waals surface area contributed by atoms with Crippen molar-refractivity contribution in [3.8, 4) is 0 Å². The van der Waals surface area contributed by atoms with Crippen LogP contribution < -0.4 is 5.32 Å². The van der Waals surface area contributed by atoms with Crippen molar-refractivity contribution in [2.24, 2.45) is 0 Å². The Morgan fingerprint density at radius 1 is 1.69 bits per heavy atom. The molecule has 1 atom stereocenters. The van der Waals surface area contributed by atoms with E-state index in [1.165, 1.54) is 0 Å². The highest BCUT2D eigenvalue weighted by molar-refractivity contribution is 6.33. The molecule has 1 saturated heterocycles. The maximum Gasteiger partial charge on any atom is 0.258 e. The summed E-state index contributed by atoms with van der Waals surface area (Å²) >= 11 is 5.85. The summed E-state index contributed by atoms with van der Waals surface area (Å²) in [6, 6.07) is 4.77. The zero-order valence-corrected chi connectivity index (χ0v) is 9.34. The third kappa shape index (κ3) is 2.01. The number of carbonyl (C=O) groups is 1. The van der Waals surface area contributed by atoms with Crippen LogP contribution in [0.1, 0.15) is 6.92 Å². The van der Waals surface area contributed by atoms with E-state index in [4.69, 9.17) is 22.9 Å². The number of hydrogen-bond donors (Lipinski definition) is 1. The summed E-state index contributed by atoms with van der Waals surface area (Å²) in [7, 11) is 0. The lowest BCUT2D eigenvalue weighted by Crippen LogP contribution is -2.28. The zero-order chi connectivity index (χ0) is 11.8. The van der Waals surface area contributed by atoms with Gasteiger partial charge in [-0.3, -0.25) is 4.79 Å². The molecule has 2 rings (SSSR count). The molecule has 82 valence electrons. The summed E-state index contributed by atoms with van der Waals surface area (Å²) in [5.74, 6) is -0.195. The molecule has 0 bridgehead atoms. The van der Waals surface area contributed by atoms with Crippen LogP contribution in [0.15, 0.2) is 18.2 Å². The molecule has 1 aliphatic rings. The lowest BCUT2D eigenvalue weighted by Gasteiger charge is -2.08. The average molecular weight is 237 g/mol. The van der Waals surface area contributed by atoms with Gasteiger partial charge in [-0.1, -0.05) is 17.7 Å². The van der Waals surface area contributed by atoms with Crippen molar-refractivity contribution in [2.75, 3.05) is 11.9 Å². The topological polar surface area (TPSA) is 46.0 Å². The van der Waals surface area contributed by atoms with Crippen LogP contribution in [0, 0.1) is 6.57 Å². The highest BCUT2D eigenvalue weighted by Crippen LogP contribution is 2.30. The molecule has 1 amide bonds. The van der Waals surface area contributed by atoms with Gasteiger partial charge in [0, 0.05) is 10.7 Å². The number of halogens is 1. The first kappa shape index (κ1) is 10.9. The second-order valence-corrected chi connectivity index (χ2v) is 4.16. The number of rotatable bonds is 2. The van der Waals surface area contributed by atoms with Gasteiger partial charge in [-0.2, -0.15) is 0 Å². The van der Waals surface area contributed by atoms with Crippen LogP contribution in [0.5, 0.6) is 0 Å². The van der Waals surface area contributed by atoms with E-state index >= 15 is 0 Å². The Morgan fingerprint density at radius 2 is 2.38 bits per heavy atom. The van der Waals surface area contributed by atoms with Gasteiger partial charge in [0.25, 0.3) is 5.91 Å². The summed E-state index contributed by atoms with van der Waals surface area (Å²) in [6.45, 7) is 9.00. The fraction of sp³-hybridized carbons (Fsp3) is 0.273. The van der Waals surface area contributed by atoms with E-state index in [0.717, 1.165) is 0 Å². The second kappa shape index (κ2) is 3.78. The van der Waals surface area contributed by atoms with E-state index in [-0.39, 0.29) is 5.91 Å². The standard InChI is InChI=1S/C11H9ClN2O2/c1-11(6-16-11)10(15)14-7-3-4-9(13-2)8(12)5-7/h3-5H,6H2,1H3,(H,14,15). The maximum absolute atomic E-state index is 11.6. The van der Waals surface area contributed by atoms with Crippen LogP contribution in [0.4, 0.5) is 11.4 Å². The molecule has 16 heavy (non-hydrogen) atoms. The number of anilines is 1. The van der Waals surface area contributed by atoms with Gasteiger partial charge in [-0.15, -0.1) is 0 Å². The van der Waals surface area contributed by atoms with Crippen LogP contribution in [0.25, 0.3) is 4.85 Å². The highest BCUT2D eigenvalue weighted by Gasteiger charge is 2.47. The Morgan fingerprint density at radius 3 is 2.88 bits per heavy atom. The first-order valence-electron chi connectivity index (χ1n) is 4.67. The van der Waals surface area contributed by atoms with E-state index in [0.29, 0.717) is 23.0 Å². The Balaban J connectivity index is 2.14. The van der Waals surface area contributed by atoms with Gasteiger partial charge < -0.3 is 10.1 Å². The molecule has 1 unspecified atom stereocenters. The number of carbonyl (C=O) groups excluding carboxylic acids is 1. The van der Waals surface area contributed by atoms with Gasteiger partial charge in [0.05, 0.1) is 13.2 Å². The van der Waals surface area contributed by atoms with Crippen molar-refractivity contribution in [2.45, 2.75) is 12.5 Å². The van der Waals surface area contributed by atoms with Crippen LogP contribution >= 0.6 is 11.6 Å². The molecular weight excluding hydrogens is 228 g/mol. The molecule has 1 fully saturated rings. The molecule has 1 aromatic rings. The molecule has 0 aliphatic carbocycles. The monoisotopic (exact) mass is 236 g/mol. The van der Waals surface area contributed by atoms with Crippen molar-refractivity contribution in [3.63, 3.8) is 0 Å². The van der Waals surface area contributed by atoms with Crippen molar-refractivity contribution >= 4 is 28.9 Å². The molecule has 5 heteroatoms. The van der Waals surface area contributed by atoms with Crippen LogP contribution in [-0.4, -0.2) is 18.1 Å². The smallest absolute Gasteiger partial charge is 0.258 e. The average Bonchev–Trinajstić information content (AvgIpc) is 2.98. The zero-order valence-electron chi connectivity index (χ0n) is 8.58. The van der Waals surface area contributed by atoms with Crippen molar-refractivity contribution in [1.29, 1.82) is 0 Å². The first-order valence-corrected chi connectivity index (χ1v) is 5.05. The minimum Gasteiger partial charge on any atom is -0.359 e. The molecular formula is C11H9ClN2O2. The summed E-state index contributed by atoms with van der Waals surface area (Å²) in [5, 5.41) is 3.01. The predicted molar refractivity (Wildman–Crippen MR) is 60.7 cm³/mol. The second-order valence-electron chi connectivity index (χ2n) is 3.75. The van der Waals surface area contributed by atoms with Crippen molar-refractivity contribution < 1.29 is 9.53 Å². The molecule has 0 radical (unpaired) electrons. The number of benzene rings is 1. The van der Waals surface area contributed by atoms with Crippen molar-refractivity contribution in [1.82, 2.24) is 0 Å². The van der Waals surface area contributed by atoms with Crippen molar-refractivity contribution in [3.05, 3.63) is 34.6 Å². The summed E-state index contributed by atoms with van der Waals surface area (Å²) in [4.78, 5) is 14.9. The van der Waals surface area contributed by atoms with Crippen LogP contribution in [0.3, 0.4) is 0 Å². The normalized spacial score (nSPS) is 22.3. The molecule has 1 aliphatic heterocycles. The maximum atomic E-state index is 11.6. The van der Waals surface area contributed by atoms with Gasteiger partial charge in [0.15, 0.2) is 5.60 Å². The first-order chi connectivity index (χ1) is 7.55. The van der Waals surface area contributed by atoms with E-state index in [9.17, 15) is 4.79 Å². The summed E-state index contributed by atoms with van der Waals surface area (Å²) < 4.78 is 5.01. The van der Waals surface area contributed by atoms with E-state index in [1.54, 1.807) is 25.1 Å². The van der Waals surface area contributed by atoms with Gasteiger partial charge in [0.2, 0.25) is 5.69 Å². The molecule has 1 N–H and O–H groups in total.